The summed E-state index contributed by atoms with van der Waals surface area (Å²) >= 11 is 0. The van der Waals surface area contributed by atoms with Gasteiger partial charge >= 0.3 is 5.97 Å². The maximum atomic E-state index is 10.4. The van der Waals surface area contributed by atoms with Crippen molar-refractivity contribution in [1.29, 1.82) is 0 Å². The molecule has 2 heterocycles. The molecule has 7 heteroatoms. The molecule has 0 saturated heterocycles. The van der Waals surface area contributed by atoms with Gasteiger partial charge in [0, 0.05) is 18.7 Å². The first-order chi connectivity index (χ1) is 9.56. The summed E-state index contributed by atoms with van der Waals surface area (Å²) in [4.78, 5) is 19.0. The zero-order valence-corrected chi connectivity index (χ0v) is 11.5. The van der Waals surface area contributed by atoms with Crippen molar-refractivity contribution in [1.82, 2.24) is 19.7 Å². The van der Waals surface area contributed by atoms with E-state index in [1.807, 2.05) is 19.9 Å². The molecule has 0 atom stereocenters. The van der Waals surface area contributed by atoms with Gasteiger partial charge in [-0.1, -0.05) is 0 Å². The Morgan fingerprint density at radius 1 is 1.40 bits per heavy atom. The molecule has 0 radical (unpaired) electrons. The highest BCUT2D eigenvalue weighted by atomic mass is 16.4. The summed E-state index contributed by atoms with van der Waals surface area (Å²) in [7, 11) is 0. The molecule has 7 nitrogen and oxygen atoms in total. The highest BCUT2D eigenvalue weighted by Crippen LogP contribution is 2.11. The summed E-state index contributed by atoms with van der Waals surface area (Å²) in [5.74, 6) is 0.452. The van der Waals surface area contributed by atoms with E-state index < -0.39 is 5.97 Å². The van der Waals surface area contributed by atoms with Gasteiger partial charge in [0.25, 0.3) is 0 Å². The number of aromatic nitrogens is 4. The lowest BCUT2D eigenvalue weighted by atomic mass is 10.3. The van der Waals surface area contributed by atoms with Crippen molar-refractivity contribution in [2.24, 2.45) is 0 Å². The van der Waals surface area contributed by atoms with Crippen molar-refractivity contribution in [3.8, 4) is 5.82 Å². The minimum absolute atomic E-state index is 0.136. The number of rotatable bonds is 6. The third-order valence-corrected chi connectivity index (χ3v) is 2.72. The molecule has 0 spiro atoms. The van der Waals surface area contributed by atoms with E-state index in [1.165, 1.54) is 0 Å². The molecule has 0 saturated carbocycles. The van der Waals surface area contributed by atoms with Crippen molar-refractivity contribution in [2.75, 3.05) is 11.9 Å². The molecule has 2 N–H and O–H groups in total. The zero-order chi connectivity index (χ0) is 14.5. The molecular formula is C13H17N5O2. The van der Waals surface area contributed by atoms with Crippen molar-refractivity contribution in [3.05, 3.63) is 29.8 Å². The number of hydrogen-bond donors (Lipinski definition) is 2. The lowest BCUT2D eigenvalue weighted by Crippen LogP contribution is -2.09. The van der Waals surface area contributed by atoms with Gasteiger partial charge in [-0.3, -0.25) is 9.78 Å². The van der Waals surface area contributed by atoms with E-state index in [0.717, 1.165) is 11.4 Å². The van der Waals surface area contributed by atoms with E-state index >= 15 is 0 Å². The van der Waals surface area contributed by atoms with Gasteiger partial charge in [0.05, 0.1) is 18.1 Å². The fourth-order valence-electron chi connectivity index (χ4n) is 1.86. The predicted molar refractivity (Wildman–Crippen MR) is 74.0 cm³/mol. The van der Waals surface area contributed by atoms with Gasteiger partial charge in [0.15, 0.2) is 5.82 Å². The minimum Gasteiger partial charge on any atom is -0.481 e. The molecule has 2 aromatic rings. The molecule has 0 aromatic carbocycles. The summed E-state index contributed by atoms with van der Waals surface area (Å²) in [6.07, 6.45) is 3.93. The van der Waals surface area contributed by atoms with Crippen LogP contribution in [0.15, 0.2) is 18.5 Å². The SMILES string of the molecule is Cc1cc(C)n(-c2cncc(NCCCC(=O)O)n2)n1. The molecular weight excluding hydrogens is 258 g/mol. The topological polar surface area (TPSA) is 92.9 Å². The monoisotopic (exact) mass is 275 g/mol. The van der Waals surface area contributed by atoms with Gasteiger partial charge < -0.3 is 10.4 Å². The van der Waals surface area contributed by atoms with Crippen molar-refractivity contribution in [3.63, 3.8) is 0 Å². The summed E-state index contributed by atoms with van der Waals surface area (Å²) < 4.78 is 1.73. The Morgan fingerprint density at radius 3 is 2.85 bits per heavy atom. The maximum Gasteiger partial charge on any atom is 0.303 e. The average molecular weight is 275 g/mol. The van der Waals surface area contributed by atoms with E-state index in [9.17, 15) is 4.79 Å². The highest BCUT2D eigenvalue weighted by molar-refractivity contribution is 5.66. The molecule has 0 aliphatic carbocycles. The quantitative estimate of drug-likeness (QED) is 0.777. The third-order valence-electron chi connectivity index (χ3n) is 2.72. The third kappa shape index (κ3) is 3.53. The number of aryl methyl sites for hydroxylation is 2. The summed E-state index contributed by atoms with van der Waals surface area (Å²) in [5.41, 5.74) is 1.91. The normalized spacial score (nSPS) is 10.5. The standard InChI is InChI=1S/C13H17N5O2/c1-9-6-10(2)18(17-9)12-8-14-7-11(16-12)15-5-3-4-13(19)20/h6-8H,3-5H2,1-2H3,(H,15,16)(H,19,20). The van der Waals surface area contributed by atoms with Gasteiger partial charge in [-0.25, -0.2) is 9.67 Å². The van der Waals surface area contributed by atoms with Crippen LogP contribution in [0.2, 0.25) is 0 Å². The number of hydrogen-bond acceptors (Lipinski definition) is 5. The molecule has 0 unspecified atom stereocenters. The van der Waals surface area contributed by atoms with Crippen molar-refractivity contribution >= 4 is 11.8 Å². The number of carboxylic acid groups (broad SMARTS) is 1. The van der Waals surface area contributed by atoms with E-state index in [1.54, 1.807) is 17.1 Å². The van der Waals surface area contributed by atoms with Crippen LogP contribution >= 0.6 is 0 Å². The van der Waals surface area contributed by atoms with Crippen LogP contribution in [0.3, 0.4) is 0 Å². The Balaban J connectivity index is 2.04. The Morgan fingerprint density at radius 2 is 2.20 bits per heavy atom. The zero-order valence-electron chi connectivity index (χ0n) is 11.5. The van der Waals surface area contributed by atoms with Gasteiger partial charge in [-0.15, -0.1) is 0 Å². The van der Waals surface area contributed by atoms with Crippen LogP contribution in [0.25, 0.3) is 5.82 Å². The minimum atomic E-state index is -0.797. The molecule has 0 aliphatic rings. The largest absolute Gasteiger partial charge is 0.481 e. The maximum absolute atomic E-state index is 10.4. The number of aliphatic carboxylic acids is 1. The van der Waals surface area contributed by atoms with Gasteiger partial charge in [-0.2, -0.15) is 5.10 Å². The molecule has 0 fully saturated rings. The Kier molecular flexibility index (Phi) is 4.29. The first kappa shape index (κ1) is 14.0. The van der Waals surface area contributed by atoms with Crippen LogP contribution < -0.4 is 5.32 Å². The second-order valence-corrected chi connectivity index (χ2v) is 4.53. The first-order valence-corrected chi connectivity index (χ1v) is 6.37. The van der Waals surface area contributed by atoms with Gasteiger partial charge in [0.1, 0.15) is 5.82 Å². The van der Waals surface area contributed by atoms with E-state index in [0.29, 0.717) is 24.6 Å². The first-order valence-electron chi connectivity index (χ1n) is 6.37. The van der Waals surface area contributed by atoms with Gasteiger partial charge in [0.2, 0.25) is 0 Å². The number of nitrogens with one attached hydrogen (secondary N) is 1. The molecule has 2 aromatic heterocycles. The average Bonchev–Trinajstić information content (AvgIpc) is 2.74. The van der Waals surface area contributed by atoms with Crippen LogP contribution in [0.5, 0.6) is 0 Å². The highest BCUT2D eigenvalue weighted by Gasteiger charge is 2.06. The number of carbonyl (C=O) groups is 1. The smallest absolute Gasteiger partial charge is 0.303 e. The second kappa shape index (κ2) is 6.14. The lowest BCUT2D eigenvalue weighted by Gasteiger charge is -2.07. The van der Waals surface area contributed by atoms with Crippen LogP contribution in [0, 0.1) is 13.8 Å². The van der Waals surface area contributed by atoms with Crippen LogP contribution in [-0.2, 0) is 4.79 Å². The Hall–Kier alpha value is -2.44. The van der Waals surface area contributed by atoms with Crippen LogP contribution in [0.4, 0.5) is 5.82 Å². The lowest BCUT2D eigenvalue weighted by molar-refractivity contribution is -0.137. The molecule has 0 aliphatic heterocycles. The van der Waals surface area contributed by atoms with Crippen LogP contribution in [0.1, 0.15) is 24.2 Å². The van der Waals surface area contributed by atoms with E-state index in [2.05, 4.69) is 20.4 Å². The molecule has 106 valence electrons. The Bertz CT molecular complexity index is 609. The molecule has 2 rings (SSSR count). The van der Waals surface area contributed by atoms with Crippen LogP contribution in [-0.4, -0.2) is 37.4 Å². The molecule has 20 heavy (non-hydrogen) atoms. The number of nitrogens with zero attached hydrogens (tertiary/aromatic N) is 4. The summed E-state index contributed by atoms with van der Waals surface area (Å²) in [6.45, 7) is 4.42. The summed E-state index contributed by atoms with van der Waals surface area (Å²) in [5, 5.41) is 16.0. The number of carboxylic acids is 1. The van der Waals surface area contributed by atoms with Crippen molar-refractivity contribution < 1.29 is 9.90 Å². The number of anilines is 1. The second-order valence-electron chi connectivity index (χ2n) is 4.53. The predicted octanol–water partition coefficient (Wildman–Crippen LogP) is 1.56. The van der Waals surface area contributed by atoms with Crippen molar-refractivity contribution in [2.45, 2.75) is 26.7 Å². The molecule has 0 bridgehead atoms. The summed E-state index contributed by atoms with van der Waals surface area (Å²) in [6, 6.07) is 1.97. The Labute approximate surface area is 116 Å². The fraction of sp³-hybridized carbons (Fsp3) is 0.385. The molecule has 0 amide bonds. The van der Waals surface area contributed by atoms with Gasteiger partial charge in [-0.05, 0) is 26.3 Å². The van der Waals surface area contributed by atoms with E-state index in [-0.39, 0.29) is 6.42 Å². The van der Waals surface area contributed by atoms with E-state index in [4.69, 9.17) is 5.11 Å². The fourth-order valence-corrected chi connectivity index (χ4v) is 1.86.